The molecule has 6 rings (SSSR count). The summed E-state index contributed by atoms with van der Waals surface area (Å²) in [5, 5.41) is 16.2. The van der Waals surface area contributed by atoms with Crippen molar-refractivity contribution in [1.29, 1.82) is 0 Å². The maximum absolute atomic E-state index is 11.8. The van der Waals surface area contributed by atoms with Gasteiger partial charge in [-0.05, 0) is 61.3 Å². The Morgan fingerprint density at radius 2 is 1.46 bits per heavy atom. The molecule has 3 heterocycles. The van der Waals surface area contributed by atoms with E-state index < -0.39 is 0 Å². The van der Waals surface area contributed by atoms with Crippen molar-refractivity contribution in [3.63, 3.8) is 0 Å². The molecule has 10 nitrogen and oxygen atoms in total. The fourth-order valence-electron chi connectivity index (χ4n) is 6.93. The molecule has 0 amide bonds. The highest BCUT2D eigenvalue weighted by atomic mass is 16.6. The first kappa shape index (κ1) is 25.2. The highest BCUT2D eigenvalue weighted by Crippen LogP contribution is 2.49. The second-order valence-corrected chi connectivity index (χ2v) is 10.6. The lowest BCUT2D eigenvalue weighted by Crippen LogP contribution is -2.54. The predicted molar refractivity (Wildman–Crippen MR) is 147 cm³/mol. The van der Waals surface area contributed by atoms with E-state index in [-0.39, 0.29) is 10.7 Å². The van der Waals surface area contributed by atoms with Crippen molar-refractivity contribution in [2.24, 2.45) is 7.05 Å². The third-order valence-electron chi connectivity index (χ3n) is 8.85. The number of aryl methyl sites for hydroxylation is 1. The number of ether oxygens (including phenoxy) is 4. The first-order valence-electron chi connectivity index (χ1n) is 13.1. The summed E-state index contributed by atoms with van der Waals surface area (Å²) in [4.78, 5) is 15.5. The van der Waals surface area contributed by atoms with Gasteiger partial charge in [0.2, 0.25) is 6.33 Å². The minimum atomic E-state index is -0.365. The summed E-state index contributed by atoms with van der Waals surface area (Å²) in [7, 11) is 8.44. The first-order chi connectivity index (χ1) is 18.8. The average Bonchev–Trinajstić information content (AvgIpc) is 3.53. The summed E-state index contributed by atoms with van der Waals surface area (Å²) in [5.41, 5.74) is 3.21. The van der Waals surface area contributed by atoms with E-state index in [9.17, 15) is 10.1 Å². The highest BCUT2D eigenvalue weighted by molar-refractivity contribution is 6.12. The minimum Gasteiger partial charge on any atom is -0.493 e. The van der Waals surface area contributed by atoms with Gasteiger partial charge in [-0.2, -0.15) is 0 Å². The fraction of sp³-hybridized carbons (Fsp3) is 0.414. The Labute approximate surface area is 226 Å². The number of fused-ring (bicyclic) bond motifs is 7. The van der Waals surface area contributed by atoms with Crippen LogP contribution in [0.1, 0.15) is 29.7 Å². The van der Waals surface area contributed by atoms with Crippen molar-refractivity contribution in [2.45, 2.75) is 38.4 Å². The van der Waals surface area contributed by atoms with Crippen LogP contribution in [0, 0.1) is 10.1 Å². The number of hydrogen-bond donors (Lipinski definition) is 0. The van der Waals surface area contributed by atoms with E-state index in [0.29, 0.717) is 41.3 Å². The van der Waals surface area contributed by atoms with Gasteiger partial charge < -0.3 is 38.1 Å². The van der Waals surface area contributed by atoms with Crippen LogP contribution in [0.4, 0.5) is 5.82 Å². The molecule has 3 aromatic carbocycles. The molecule has 0 radical (unpaired) electrons. The van der Waals surface area contributed by atoms with E-state index in [4.69, 9.17) is 18.9 Å². The quantitative estimate of drug-likeness (QED) is 0.144. The summed E-state index contributed by atoms with van der Waals surface area (Å²) in [6.07, 6.45) is 4.57. The van der Waals surface area contributed by atoms with Crippen LogP contribution in [-0.4, -0.2) is 60.0 Å². The molecule has 2 aliphatic rings. The van der Waals surface area contributed by atoms with E-state index in [1.54, 1.807) is 39.3 Å². The molecule has 2 aliphatic heterocycles. The van der Waals surface area contributed by atoms with Gasteiger partial charge in [-0.15, -0.1) is 0 Å². The van der Waals surface area contributed by atoms with Crippen molar-refractivity contribution >= 4 is 27.4 Å². The standard InChI is InChI=1S/C29H33N4O6/c1-31-16-30-29(32(34)35)24(31)15-33-8-6-7-17(33)9-18-19-10-25(36-2)26(37-3)11-20(19)21-12-27(38-4)28(39-5)13-22(21)23(18)14-33/h10-13,16-17H,6-9,14-15H2,1-5H3/q+1/t17-,33?/m0/s1. The van der Waals surface area contributed by atoms with Crippen LogP contribution in [0.2, 0.25) is 0 Å². The molecule has 0 saturated carbocycles. The average molecular weight is 534 g/mol. The van der Waals surface area contributed by atoms with Crippen LogP contribution >= 0.6 is 0 Å². The van der Waals surface area contributed by atoms with Crippen molar-refractivity contribution in [1.82, 2.24) is 9.55 Å². The lowest BCUT2D eigenvalue weighted by molar-refractivity contribution is -0.966. The molecule has 1 saturated heterocycles. The van der Waals surface area contributed by atoms with Gasteiger partial charge in [-0.1, -0.05) is 0 Å². The van der Waals surface area contributed by atoms with E-state index in [0.717, 1.165) is 58.4 Å². The van der Waals surface area contributed by atoms with Gasteiger partial charge in [0.25, 0.3) is 0 Å². The van der Waals surface area contributed by atoms with Crippen LogP contribution < -0.4 is 18.9 Å². The van der Waals surface area contributed by atoms with Gasteiger partial charge in [-0.3, -0.25) is 0 Å². The summed E-state index contributed by atoms with van der Waals surface area (Å²) >= 11 is 0. The van der Waals surface area contributed by atoms with Crippen LogP contribution in [0.5, 0.6) is 23.0 Å². The molecule has 2 atom stereocenters. The summed E-state index contributed by atoms with van der Waals surface area (Å²) in [5.74, 6) is 2.64. The molecule has 1 aromatic heterocycles. The zero-order valence-electron chi connectivity index (χ0n) is 22.9. The Bertz CT molecular complexity index is 1630. The number of rotatable bonds is 7. The SMILES string of the molecule is COc1cc2c3c(c4cc(OC)c(OC)cc4c2cc1OC)C[N+]1(Cc2c([N+](=O)[O-])ncn2C)CCC[C@H]1C3. The molecule has 39 heavy (non-hydrogen) atoms. The van der Waals surface area contributed by atoms with E-state index in [1.807, 2.05) is 19.2 Å². The molecule has 4 aromatic rings. The molecular formula is C29H33N4O6+. The number of nitrogens with zero attached hydrogens (tertiary/aromatic N) is 4. The molecule has 0 N–H and O–H groups in total. The van der Waals surface area contributed by atoms with Crippen LogP contribution in [0.3, 0.4) is 0 Å². The molecule has 204 valence electrons. The van der Waals surface area contributed by atoms with Crippen LogP contribution in [-0.2, 0) is 26.6 Å². The Balaban J connectivity index is 1.62. The predicted octanol–water partition coefficient (Wildman–Crippen LogP) is 4.90. The topological polar surface area (TPSA) is 97.9 Å². The second kappa shape index (κ2) is 9.30. The summed E-state index contributed by atoms with van der Waals surface area (Å²) in [6.45, 7) is 2.29. The molecular weight excluding hydrogens is 500 g/mol. The number of hydrogen-bond acceptors (Lipinski definition) is 7. The van der Waals surface area contributed by atoms with Gasteiger partial charge in [-0.25, -0.2) is 0 Å². The van der Waals surface area contributed by atoms with Crippen molar-refractivity contribution in [3.8, 4) is 23.0 Å². The lowest BCUT2D eigenvalue weighted by Gasteiger charge is -2.44. The van der Waals surface area contributed by atoms with Gasteiger partial charge in [0.15, 0.2) is 28.7 Å². The lowest BCUT2D eigenvalue weighted by atomic mass is 9.83. The molecule has 1 unspecified atom stereocenters. The van der Waals surface area contributed by atoms with Gasteiger partial charge in [0.05, 0.1) is 41.0 Å². The summed E-state index contributed by atoms with van der Waals surface area (Å²) < 4.78 is 25.4. The Kier molecular flexibility index (Phi) is 6.02. The number of benzene rings is 3. The highest BCUT2D eigenvalue weighted by Gasteiger charge is 2.48. The smallest absolute Gasteiger partial charge is 0.390 e. The first-order valence-corrected chi connectivity index (χ1v) is 13.1. The molecule has 0 bridgehead atoms. The third-order valence-corrected chi connectivity index (χ3v) is 8.85. The second-order valence-electron chi connectivity index (χ2n) is 10.6. The minimum absolute atomic E-state index is 0.0481. The third kappa shape index (κ3) is 3.76. The van der Waals surface area contributed by atoms with Gasteiger partial charge in [0.1, 0.15) is 13.1 Å². The zero-order valence-corrected chi connectivity index (χ0v) is 22.9. The number of imidazole rings is 1. The number of methoxy groups -OCH3 is 4. The zero-order chi connectivity index (χ0) is 27.5. The monoisotopic (exact) mass is 533 g/mol. The molecule has 0 aliphatic carbocycles. The number of aromatic nitrogens is 2. The fourth-order valence-corrected chi connectivity index (χ4v) is 6.93. The maximum Gasteiger partial charge on any atom is 0.390 e. The Morgan fingerprint density at radius 3 is 2.00 bits per heavy atom. The molecule has 1 fully saturated rings. The Morgan fingerprint density at radius 1 is 0.923 bits per heavy atom. The van der Waals surface area contributed by atoms with E-state index in [1.165, 1.54) is 11.1 Å². The summed E-state index contributed by atoms with van der Waals surface area (Å²) in [6, 6.07) is 8.59. The van der Waals surface area contributed by atoms with Crippen molar-refractivity contribution < 1.29 is 28.4 Å². The normalized spacial score (nSPS) is 20.1. The molecule has 0 spiro atoms. The van der Waals surface area contributed by atoms with Crippen LogP contribution in [0.25, 0.3) is 21.5 Å². The Hall–Kier alpha value is -4.05. The maximum atomic E-state index is 11.8. The number of quaternary nitrogens is 1. The molecule has 10 heteroatoms. The van der Waals surface area contributed by atoms with Gasteiger partial charge in [0, 0.05) is 31.9 Å². The van der Waals surface area contributed by atoms with E-state index in [2.05, 4.69) is 17.1 Å². The largest absolute Gasteiger partial charge is 0.493 e. The number of nitro groups is 1. The van der Waals surface area contributed by atoms with E-state index >= 15 is 0 Å². The van der Waals surface area contributed by atoms with Gasteiger partial charge >= 0.3 is 5.82 Å². The van der Waals surface area contributed by atoms with Crippen molar-refractivity contribution in [3.05, 3.63) is 57.5 Å². The van der Waals surface area contributed by atoms with Crippen LogP contribution in [0.15, 0.2) is 30.6 Å². The van der Waals surface area contributed by atoms with Crippen molar-refractivity contribution in [2.75, 3.05) is 35.0 Å².